The first kappa shape index (κ1) is 33.1. The number of likely N-dealkylation sites (N-methyl/N-ethyl adjacent to an activating group) is 1. The van der Waals surface area contributed by atoms with Crippen molar-refractivity contribution in [1.29, 1.82) is 0 Å². The van der Waals surface area contributed by atoms with E-state index in [4.69, 9.17) is 10.5 Å². The lowest BCUT2D eigenvalue weighted by Gasteiger charge is -2.27. The van der Waals surface area contributed by atoms with Gasteiger partial charge >= 0.3 is 6.09 Å². The van der Waals surface area contributed by atoms with Gasteiger partial charge in [-0.05, 0) is 61.1 Å². The van der Waals surface area contributed by atoms with E-state index in [-0.39, 0.29) is 24.0 Å². The van der Waals surface area contributed by atoms with Crippen molar-refractivity contribution in [3.8, 4) is 5.75 Å². The minimum absolute atomic E-state index is 0.0190. The standard InChI is InChI=1S/C30H41FN4O6/c1-29(2,3)21-14-19(10-13-24(21)36)16-22(26(32)38)33-25(37)17-35(7)27(39)23(34-28(40)41-30(4,5)6)15-18-8-11-20(31)12-9-18/h8-14,22-23,36H,15-17H2,1-7H3,(H2,32,38)(H,33,37)(H,34,40)/t22-,23-/m0/s1. The molecule has 0 aliphatic rings. The lowest BCUT2D eigenvalue weighted by molar-refractivity contribution is -0.137. The minimum Gasteiger partial charge on any atom is -0.508 e. The molecule has 0 radical (unpaired) electrons. The Labute approximate surface area is 240 Å². The van der Waals surface area contributed by atoms with Crippen molar-refractivity contribution in [1.82, 2.24) is 15.5 Å². The molecule has 0 saturated heterocycles. The van der Waals surface area contributed by atoms with Crippen molar-refractivity contribution in [3.05, 3.63) is 65.0 Å². The molecule has 41 heavy (non-hydrogen) atoms. The summed E-state index contributed by atoms with van der Waals surface area (Å²) in [5, 5.41) is 15.3. The van der Waals surface area contributed by atoms with Gasteiger partial charge in [0.15, 0.2) is 0 Å². The summed E-state index contributed by atoms with van der Waals surface area (Å²) in [6, 6.07) is 8.21. The number of nitrogens with zero attached hydrogens (tertiary/aromatic N) is 1. The van der Waals surface area contributed by atoms with Crippen LogP contribution in [-0.2, 0) is 37.4 Å². The molecule has 0 aliphatic carbocycles. The first-order valence-electron chi connectivity index (χ1n) is 13.3. The zero-order valence-electron chi connectivity index (χ0n) is 24.7. The van der Waals surface area contributed by atoms with Gasteiger partial charge < -0.3 is 31.1 Å². The van der Waals surface area contributed by atoms with Crippen LogP contribution in [0.1, 0.15) is 58.2 Å². The topological polar surface area (TPSA) is 151 Å². The minimum atomic E-state index is -1.12. The average molecular weight is 573 g/mol. The van der Waals surface area contributed by atoms with Crippen molar-refractivity contribution in [2.24, 2.45) is 5.73 Å². The number of carbonyl (C=O) groups is 4. The molecule has 5 N–H and O–H groups in total. The molecule has 224 valence electrons. The molecule has 2 rings (SSSR count). The van der Waals surface area contributed by atoms with Crippen LogP contribution < -0.4 is 16.4 Å². The van der Waals surface area contributed by atoms with Crippen LogP contribution in [0.15, 0.2) is 42.5 Å². The Balaban J connectivity index is 2.14. The molecule has 0 unspecified atom stereocenters. The number of aromatic hydroxyl groups is 1. The molecular weight excluding hydrogens is 531 g/mol. The molecule has 11 heteroatoms. The van der Waals surface area contributed by atoms with Crippen molar-refractivity contribution >= 4 is 23.8 Å². The van der Waals surface area contributed by atoms with Gasteiger partial charge in [-0.25, -0.2) is 9.18 Å². The zero-order valence-corrected chi connectivity index (χ0v) is 24.7. The largest absolute Gasteiger partial charge is 0.508 e. The highest BCUT2D eigenvalue weighted by molar-refractivity contribution is 5.91. The summed E-state index contributed by atoms with van der Waals surface area (Å²) in [6.07, 6.45) is -0.728. The number of nitrogens with two attached hydrogens (primary N) is 1. The molecular formula is C30H41FN4O6. The van der Waals surface area contributed by atoms with Crippen LogP contribution >= 0.6 is 0 Å². The summed E-state index contributed by atoms with van der Waals surface area (Å²) in [5.74, 6) is -2.33. The van der Waals surface area contributed by atoms with E-state index in [2.05, 4.69) is 10.6 Å². The Bertz CT molecular complexity index is 1250. The van der Waals surface area contributed by atoms with Crippen LogP contribution in [0, 0.1) is 5.82 Å². The number of primary amides is 1. The number of phenolic OH excluding ortho intramolecular Hbond substituents is 1. The molecule has 2 atom stereocenters. The highest BCUT2D eigenvalue weighted by Gasteiger charge is 2.29. The summed E-state index contributed by atoms with van der Waals surface area (Å²) in [5.41, 5.74) is 6.33. The monoisotopic (exact) mass is 572 g/mol. The third kappa shape index (κ3) is 10.7. The maximum atomic E-state index is 13.4. The van der Waals surface area contributed by atoms with Gasteiger partial charge in [0, 0.05) is 19.9 Å². The van der Waals surface area contributed by atoms with Crippen LogP contribution in [0.3, 0.4) is 0 Å². The van der Waals surface area contributed by atoms with E-state index in [1.54, 1.807) is 32.9 Å². The molecule has 2 aromatic rings. The molecule has 0 fully saturated rings. The van der Waals surface area contributed by atoms with E-state index in [0.717, 1.165) is 4.90 Å². The van der Waals surface area contributed by atoms with Crippen LogP contribution in [-0.4, -0.2) is 65.1 Å². The Morgan fingerprint density at radius 2 is 1.49 bits per heavy atom. The Morgan fingerprint density at radius 3 is 2.02 bits per heavy atom. The SMILES string of the molecule is CN(CC(=O)N[C@@H](Cc1ccc(O)c(C(C)(C)C)c1)C(N)=O)C(=O)[C@H](Cc1ccc(F)cc1)NC(=O)OC(C)(C)C. The molecule has 0 bridgehead atoms. The normalized spacial score (nSPS) is 13.1. The maximum Gasteiger partial charge on any atom is 0.408 e. The van der Waals surface area contributed by atoms with Crippen molar-refractivity contribution in [2.75, 3.05) is 13.6 Å². The van der Waals surface area contributed by atoms with Gasteiger partial charge in [0.1, 0.15) is 29.3 Å². The third-order valence-corrected chi connectivity index (χ3v) is 6.09. The van der Waals surface area contributed by atoms with E-state index in [1.807, 2.05) is 20.8 Å². The third-order valence-electron chi connectivity index (χ3n) is 6.09. The lowest BCUT2D eigenvalue weighted by Crippen LogP contribution is -2.53. The summed E-state index contributed by atoms with van der Waals surface area (Å²) < 4.78 is 18.7. The molecule has 10 nitrogen and oxygen atoms in total. The highest BCUT2D eigenvalue weighted by atomic mass is 19.1. The van der Waals surface area contributed by atoms with Crippen LogP contribution in [0.25, 0.3) is 0 Å². The molecule has 0 aromatic heterocycles. The van der Waals surface area contributed by atoms with Crippen LogP contribution in [0.2, 0.25) is 0 Å². The van der Waals surface area contributed by atoms with Gasteiger partial charge in [0.05, 0.1) is 6.54 Å². The number of hydrogen-bond donors (Lipinski definition) is 4. The number of halogens is 1. The zero-order chi connectivity index (χ0) is 31.1. The first-order valence-corrected chi connectivity index (χ1v) is 13.3. The number of carbonyl (C=O) groups excluding carboxylic acids is 4. The predicted molar refractivity (Wildman–Crippen MR) is 153 cm³/mol. The number of amides is 4. The molecule has 0 saturated carbocycles. The molecule has 0 aliphatic heterocycles. The second-order valence-corrected chi connectivity index (χ2v) is 12.1. The maximum absolute atomic E-state index is 13.4. The number of rotatable bonds is 10. The van der Waals surface area contributed by atoms with Crippen LogP contribution in [0.5, 0.6) is 5.75 Å². The fourth-order valence-electron chi connectivity index (χ4n) is 4.07. The van der Waals surface area contributed by atoms with Crippen molar-refractivity contribution in [2.45, 2.75) is 77.5 Å². The molecule has 4 amide bonds. The second kappa shape index (κ2) is 13.5. The number of ether oxygens (including phenoxy) is 1. The first-order chi connectivity index (χ1) is 18.9. The van der Waals surface area contributed by atoms with E-state index in [9.17, 15) is 28.7 Å². The smallest absolute Gasteiger partial charge is 0.408 e. The summed E-state index contributed by atoms with van der Waals surface area (Å²) in [7, 11) is 1.38. The summed E-state index contributed by atoms with van der Waals surface area (Å²) in [6.45, 7) is 10.4. The fourth-order valence-corrected chi connectivity index (χ4v) is 4.07. The average Bonchev–Trinajstić information content (AvgIpc) is 2.83. The Morgan fingerprint density at radius 1 is 0.927 bits per heavy atom. The van der Waals surface area contributed by atoms with Crippen molar-refractivity contribution in [3.63, 3.8) is 0 Å². The number of benzene rings is 2. The van der Waals surface area contributed by atoms with Crippen molar-refractivity contribution < 1.29 is 33.4 Å². The molecule has 0 spiro atoms. The predicted octanol–water partition coefficient (Wildman–Crippen LogP) is 2.94. The van der Waals surface area contributed by atoms with E-state index in [0.29, 0.717) is 16.7 Å². The Hall–Kier alpha value is -4.15. The van der Waals surface area contributed by atoms with E-state index >= 15 is 0 Å². The quantitative estimate of drug-likeness (QED) is 0.344. The summed E-state index contributed by atoms with van der Waals surface area (Å²) >= 11 is 0. The van der Waals surface area contributed by atoms with Gasteiger partial charge in [-0.3, -0.25) is 14.4 Å². The van der Waals surface area contributed by atoms with Crippen LogP contribution in [0.4, 0.5) is 9.18 Å². The Kier molecular flexibility index (Phi) is 10.9. The van der Waals surface area contributed by atoms with Gasteiger partial charge in [-0.15, -0.1) is 0 Å². The summed E-state index contributed by atoms with van der Waals surface area (Å²) in [4.78, 5) is 51.9. The number of phenols is 1. The van der Waals surface area contributed by atoms with E-state index in [1.165, 1.54) is 37.4 Å². The highest BCUT2D eigenvalue weighted by Crippen LogP contribution is 2.31. The van der Waals surface area contributed by atoms with Gasteiger partial charge in [-0.1, -0.05) is 45.0 Å². The van der Waals surface area contributed by atoms with Gasteiger partial charge in [0.2, 0.25) is 17.7 Å². The molecule has 0 heterocycles. The second-order valence-electron chi connectivity index (χ2n) is 12.1. The fraction of sp³-hybridized carbons (Fsp3) is 0.467. The van der Waals surface area contributed by atoms with Gasteiger partial charge in [-0.2, -0.15) is 0 Å². The number of hydrogen-bond acceptors (Lipinski definition) is 6. The van der Waals surface area contributed by atoms with Gasteiger partial charge in [0.25, 0.3) is 0 Å². The van der Waals surface area contributed by atoms with E-state index < -0.39 is 53.9 Å². The number of nitrogens with one attached hydrogen (secondary N) is 2. The molecule has 2 aromatic carbocycles. The lowest BCUT2D eigenvalue weighted by atomic mass is 9.85. The number of alkyl carbamates (subject to hydrolysis) is 1.